The summed E-state index contributed by atoms with van der Waals surface area (Å²) in [6.07, 6.45) is 0. The first kappa shape index (κ1) is 10.6. The van der Waals surface area contributed by atoms with Crippen molar-refractivity contribution in [2.45, 2.75) is 12.5 Å². The molecule has 1 aromatic rings. The Balaban J connectivity index is 2.34. The molecule has 0 saturated carbocycles. The minimum absolute atomic E-state index is 0.279. The SMILES string of the molecule is CC1(c2ccc(Cl)c(Cl)c2)CN=C(N)N1. The fourth-order valence-electron chi connectivity index (χ4n) is 1.61. The maximum Gasteiger partial charge on any atom is 0.189 e. The summed E-state index contributed by atoms with van der Waals surface area (Å²) in [7, 11) is 0. The maximum absolute atomic E-state index is 5.96. The third-order valence-corrected chi connectivity index (χ3v) is 3.27. The highest BCUT2D eigenvalue weighted by molar-refractivity contribution is 6.42. The molecule has 0 spiro atoms. The summed E-state index contributed by atoms with van der Waals surface area (Å²) in [5.74, 6) is 0.462. The first-order chi connectivity index (χ1) is 7.01. The van der Waals surface area contributed by atoms with Crippen molar-refractivity contribution in [3.63, 3.8) is 0 Å². The normalized spacial score (nSPS) is 24.9. The Bertz CT molecular complexity index is 431. The fraction of sp³-hybridized carbons (Fsp3) is 0.300. The Labute approximate surface area is 98.3 Å². The van der Waals surface area contributed by atoms with Gasteiger partial charge in [0, 0.05) is 0 Å². The summed E-state index contributed by atoms with van der Waals surface area (Å²) >= 11 is 11.8. The fourth-order valence-corrected chi connectivity index (χ4v) is 1.91. The third-order valence-electron chi connectivity index (χ3n) is 2.53. The van der Waals surface area contributed by atoms with Crippen LogP contribution >= 0.6 is 23.2 Å². The van der Waals surface area contributed by atoms with Gasteiger partial charge in [-0.1, -0.05) is 29.3 Å². The highest BCUT2D eigenvalue weighted by Crippen LogP contribution is 2.30. The van der Waals surface area contributed by atoms with Gasteiger partial charge in [0.2, 0.25) is 0 Å². The Morgan fingerprint density at radius 3 is 2.67 bits per heavy atom. The number of rotatable bonds is 1. The number of nitrogens with zero attached hydrogens (tertiary/aromatic N) is 1. The number of halogens is 2. The number of hydrogen-bond donors (Lipinski definition) is 2. The molecule has 1 aliphatic rings. The van der Waals surface area contributed by atoms with Crippen LogP contribution in [-0.2, 0) is 5.54 Å². The van der Waals surface area contributed by atoms with Crippen molar-refractivity contribution in [2.75, 3.05) is 6.54 Å². The molecular weight excluding hydrogens is 233 g/mol. The van der Waals surface area contributed by atoms with Gasteiger partial charge in [-0.3, -0.25) is 4.99 Å². The summed E-state index contributed by atoms with van der Waals surface area (Å²) in [6, 6.07) is 5.54. The van der Waals surface area contributed by atoms with Crippen LogP contribution < -0.4 is 11.1 Å². The number of nitrogens with one attached hydrogen (secondary N) is 1. The molecule has 1 unspecified atom stereocenters. The second-order valence-electron chi connectivity index (χ2n) is 3.79. The van der Waals surface area contributed by atoms with Gasteiger partial charge in [-0.25, -0.2) is 0 Å². The van der Waals surface area contributed by atoms with Crippen LogP contribution in [0.1, 0.15) is 12.5 Å². The lowest BCUT2D eigenvalue weighted by Gasteiger charge is -2.25. The molecular formula is C10H11Cl2N3. The molecule has 0 saturated heterocycles. The van der Waals surface area contributed by atoms with Crippen molar-refractivity contribution in [1.29, 1.82) is 0 Å². The quantitative estimate of drug-likeness (QED) is 0.795. The van der Waals surface area contributed by atoms with Crippen LogP contribution in [-0.4, -0.2) is 12.5 Å². The maximum atomic E-state index is 5.96. The molecule has 5 heteroatoms. The van der Waals surface area contributed by atoms with Gasteiger partial charge in [-0.05, 0) is 24.6 Å². The minimum atomic E-state index is -0.279. The van der Waals surface area contributed by atoms with Crippen LogP contribution in [0.2, 0.25) is 10.0 Å². The van der Waals surface area contributed by atoms with Crippen molar-refractivity contribution < 1.29 is 0 Å². The van der Waals surface area contributed by atoms with Crippen molar-refractivity contribution in [3.05, 3.63) is 33.8 Å². The van der Waals surface area contributed by atoms with E-state index in [9.17, 15) is 0 Å². The molecule has 3 nitrogen and oxygen atoms in total. The lowest BCUT2D eigenvalue weighted by atomic mass is 9.93. The first-order valence-corrected chi connectivity index (χ1v) is 5.30. The summed E-state index contributed by atoms with van der Waals surface area (Å²) in [6.45, 7) is 2.63. The van der Waals surface area contributed by atoms with Crippen LogP contribution in [0, 0.1) is 0 Å². The molecule has 80 valence electrons. The predicted octanol–water partition coefficient (Wildman–Crippen LogP) is 2.13. The molecule has 1 aliphatic heterocycles. The Hall–Kier alpha value is -0.930. The number of hydrogen-bond acceptors (Lipinski definition) is 3. The number of benzene rings is 1. The zero-order valence-corrected chi connectivity index (χ0v) is 9.73. The highest BCUT2D eigenvalue weighted by Gasteiger charge is 2.31. The molecule has 15 heavy (non-hydrogen) atoms. The molecule has 0 fully saturated rings. The summed E-state index contributed by atoms with van der Waals surface area (Å²) in [5, 5.41) is 4.22. The lowest BCUT2D eigenvalue weighted by Crippen LogP contribution is -2.42. The summed E-state index contributed by atoms with van der Waals surface area (Å²) < 4.78 is 0. The van der Waals surface area contributed by atoms with Crippen molar-refractivity contribution in [1.82, 2.24) is 5.32 Å². The Morgan fingerprint density at radius 1 is 1.40 bits per heavy atom. The van der Waals surface area contributed by atoms with E-state index in [-0.39, 0.29) is 5.54 Å². The summed E-state index contributed by atoms with van der Waals surface area (Å²) in [4.78, 5) is 4.13. The number of aliphatic imine (C=N–C) groups is 1. The van der Waals surface area contributed by atoms with Crippen LogP contribution in [0.3, 0.4) is 0 Å². The zero-order chi connectivity index (χ0) is 11.1. The average molecular weight is 244 g/mol. The van der Waals surface area contributed by atoms with E-state index in [1.807, 2.05) is 19.1 Å². The van der Waals surface area contributed by atoms with E-state index >= 15 is 0 Å². The smallest absolute Gasteiger partial charge is 0.189 e. The topological polar surface area (TPSA) is 50.4 Å². The van der Waals surface area contributed by atoms with E-state index in [0.717, 1.165) is 5.56 Å². The molecule has 0 aliphatic carbocycles. The monoisotopic (exact) mass is 243 g/mol. The van der Waals surface area contributed by atoms with Gasteiger partial charge in [-0.2, -0.15) is 0 Å². The molecule has 0 bridgehead atoms. The van der Waals surface area contributed by atoms with E-state index in [4.69, 9.17) is 28.9 Å². The van der Waals surface area contributed by atoms with Gasteiger partial charge >= 0.3 is 0 Å². The van der Waals surface area contributed by atoms with Gasteiger partial charge in [0.15, 0.2) is 5.96 Å². The molecule has 0 amide bonds. The minimum Gasteiger partial charge on any atom is -0.370 e. The highest BCUT2D eigenvalue weighted by atomic mass is 35.5. The predicted molar refractivity (Wildman–Crippen MR) is 63.4 cm³/mol. The second-order valence-corrected chi connectivity index (χ2v) is 4.60. The molecule has 0 aromatic heterocycles. The lowest BCUT2D eigenvalue weighted by molar-refractivity contribution is 0.480. The third kappa shape index (κ3) is 1.90. The largest absolute Gasteiger partial charge is 0.370 e. The molecule has 3 N–H and O–H groups in total. The molecule has 1 atom stereocenters. The van der Waals surface area contributed by atoms with Gasteiger partial charge in [0.05, 0.1) is 22.1 Å². The Kier molecular flexibility index (Phi) is 2.52. The molecule has 0 radical (unpaired) electrons. The van der Waals surface area contributed by atoms with Crippen LogP contribution in [0.5, 0.6) is 0 Å². The second kappa shape index (κ2) is 3.58. The van der Waals surface area contributed by atoms with Crippen molar-refractivity contribution in [3.8, 4) is 0 Å². The summed E-state index contributed by atoms with van der Waals surface area (Å²) in [5.41, 5.74) is 6.34. The number of guanidine groups is 1. The van der Waals surface area contributed by atoms with Gasteiger partial charge in [0.1, 0.15) is 0 Å². The van der Waals surface area contributed by atoms with Gasteiger partial charge < -0.3 is 11.1 Å². The Morgan fingerprint density at radius 2 is 2.13 bits per heavy atom. The van der Waals surface area contributed by atoms with Gasteiger partial charge in [-0.15, -0.1) is 0 Å². The van der Waals surface area contributed by atoms with Crippen molar-refractivity contribution >= 4 is 29.2 Å². The molecule has 2 rings (SSSR count). The van der Waals surface area contributed by atoms with Crippen LogP contribution in [0.4, 0.5) is 0 Å². The molecule has 1 aromatic carbocycles. The van der Waals surface area contributed by atoms with Gasteiger partial charge in [0.25, 0.3) is 0 Å². The standard InChI is InChI=1S/C10H11Cl2N3/c1-10(5-14-9(13)15-10)6-2-3-7(11)8(12)4-6/h2-4H,5H2,1H3,(H3,13,14,15). The van der Waals surface area contributed by atoms with E-state index in [0.29, 0.717) is 22.5 Å². The van der Waals surface area contributed by atoms with E-state index in [1.165, 1.54) is 0 Å². The number of nitrogens with two attached hydrogens (primary N) is 1. The van der Waals surface area contributed by atoms with E-state index < -0.39 is 0 Å². The zero-order valence-electron chi connectivity index (χ0n) is 8.22. The van der Waals surface area contributed by atoms with E-state index in [2.05, 4.69) is 10.3 Å². The van der Waals surface area contributed by atoms with Crippen LogP contribution in [0.25, 0.3) is 0 Å². The molecule has 1 heterocycles. The van der Waals surface area contributed by atoms with Crippen LogP contribution in [0.15, 0.2) is 23.2 Å². The van der Waals surface area contributed by atoms with Crippen molar-refractivity contribution in [2.24, 2.45) is 10.7 Å². The van der Waals surface area contributed by atoms with E-state index in [1.54, 1.807) is 6.07 Å². The average Bonchev–Trinajstić information content (AvgIpc) is 2.52. The first-order valence-electron chi connectivity index (χ1n) is 4.55.